The fraction of sp³-hybridized carbons (Fsp3) is 0.286. The van der Waals surface area contributed by atoms with Gasteiger partial charge in [0.2, 0.25) is 5.88 Å². The van der Waals surface area contributed by atoms with E-state index in [-0.39, 0.29) is 5.92 Å². The summed E-state index contributed by atoms with van der Waals surface area (Å²) in [5.41, 5.74) is 7.68. The van der Waals surface area contributed by atoms with E-state index in [0.717, 1.165) is 11.1 Å². The molecule has 2 rings (SSSR count). The van der Waals surface area contributed by atoms with Gasteiger partial charge in [0.05, 0.1) is 5.56 Å². The van der Waals surface area contributed by atoms with Gasteiger partial charge in [-0.05, 0) is 30.5 Å². The Morgan fingerprint density at radius 1 is 1.26 bits per heavy atom. The Morgan fingerprint density at radius 2 is 2.00 bits per heavy atom. The van der Waals surface area contributed by atoms with Crippen LogP contribution in [0.3, 0.4) is 0 Å². The highest BCUT2D eigenvalue weighted by Crippen LogP contribution is 2.33. The van der Waals surface area contributed by atoms with E-state index in [1.54, 1.807) is 6.07 Å². The van der Waals surface area contributed by atoms with Crippen molar-refractivity contribution in [3.8, 4) is 11.6 Å². The summed E-state index contributed by atoms with van der Waals surface area (Å²) < 4.78 is 5.85. The van der Waals surface area contributed by atoms with Gasteiger partial charge in [-0.2, -0.15) is 0 Å². The molecule has 0 unspecified atom stereocenters. The van der Waals surface area contributed by atoms with Crippen molar-refractivity contribution in [1.82, 2.24) is 9.97 Å². The van der Waals surface area contributed by atoms with Gasteiger partial charge >= 0.3 is 0 Å². The molecule has 19 heavy (non-hydrogen) atoms. The molecule has 0 atom stereocenters. The molecule has 0 saturated heterocycles. The third-order valence-corrected chi connectivity index (χ3v) is 3.05. The van der Waals surface area contributed by atoms with Gasteiger partial charge in [0.1, 0.15) is 17.9 Å². The molecule has 0 amide bonds. The molecule has 1 aromatic carbocycles. The molecule has 4 nitrogen and oxygen atoms in total. The van der Waals surface area contributed by atoms with Crippen LogP contribution in [-0.2, 0) is 0 Å². The number of hydrogen-bond acceptors (Lipinski definition) is 4. The molecule has 2 aromatic rings. The van der Waals surface area contributed by atoms with Gasteiger partial charge in [-0.15, -0.1) is 0 Å². The van der Waals surface area contributed by atoms with E-state index < -0.39 is 0 Å². The summed E-state index contributed by atoms with van der Waals surface area (Å²) in [5, 5.41) is 0.619. The standard InChI is InChI=1S/C14H16ClN3O/c1-8(2)12-13(16)17-7-18-14(12)19-11-6-10(15)5-4-9(11)3/h4-8H,1-3H3,(H2,16,17,18). The number of ether oxygens (including phenoxy) is 1. The van der Waals surface area contributed by atoms with Crippen molar-refractivity contribution < 1.29 is 4.74 Å². The number of aryl methyl sites for hydroxylation is 1. The van der Waals surface area contributed by atoms with Crippen LogP contribution in [-0.4, -0.2) is 9.97 Å². The molecule has 0 aliphatic carbocycles. The largest absolute Gasteiger partial charge is 0.438 e. The van der Waals surface area contributed by atoms with Crippen molar-refractivity contribution in [2.45, 2.75) is 26.7 Å². The third kappa shape index (κ3) is 2.96. The van der Waals surface area contributed by atoms with Crippen LogP contribution in [0.5, 0.6) is 11.6 Å². The molecule has 0 spiro atoms. The monoisotopic (exact) mass is 277 g/mol. The predicted octanol–water partition coefficient (Wildman–Crippen LogP) is 3.94. The van der Waals surface area contributed by atoms with Gasteiger partial charge in [0.15, 0.2) is 0 Å². The molecule has 0 saturated carbocycles. The zero-order chi connectivity index (χ0) is 14.0. The van der Waals surface area contributed by atoms with Crippen LogP contribution in [0.15, 0.2) is 24.5 Å². The van der Waals surface area contributed by atoms with E-state index in [1.165, 1.54) is 6.33 Å². The van der Waals surface area contributed by atoms with Crippen LogP contribution < -0.4 is 10.5 Å². The molecule has 0 radical (unpaired) electrons. The maximum Gasteiger partial charge on any atom is 0.227 e. The quantitative estimate of drug-likeness (QED) is 0.923. The van der Waals surface area contributed by atoms with Crippen molar-refractivity contribution in [3.63, 3.8) is 0 Å². The van der Waals surface area contributed by atoms with E-state index in [2.05, 4.69) is 9.97 Å². The minimum atomic E-state index is 0.177. The Balaban J connectivity index is 2.44. The number of halogens is 1. The number of benzene rings is 1. The Labute approximate surface area is 117 Å². The van der Waals surface area contributed by atoms with Crippen LogP contribution >= 0.6 is 11.6 Å². The number of hydrogen-bond donors (Lipinski definition) is 1. The SMILES string of the molecule is Cc1ccc(Cl)cc1Oc1ncnc(N)c1C(C)C. The number of nitrogens with two attached hydrogens (primary N) is 1. The van der Waals surface area contributed by atoms with Gasteiger partial charge in [0, 0.05) is 5.02 Å². The molecule has 0 bridgehead atoms. The fourth-order valence-electron chi connectivity index (χ4n) is 1.80. The lowest BCUT2D eigenvalue weighted by atomic mass is 10.1. The first-order valence-electron chi connectivity index (χ1n) is 6.03. The van der Waals surface area contributed by atoms with Gasteiger partial charge in [0.25, 0.3) is 0 Å². The molecule has 0 aliphatic rings. The molecule has 2 N–H and O–H groups in total. The maximum atomic E-state index is 5.98. The van der Waals surface area contributed by atoms with Crippen LogP contribution in [0.4, 0.5) is 5.82 Å². The molecule has 0 aliphatic heterocycles. The molecule has 1 aromatic heterocycles. The highest BCUT2D eigenvalue weighted by molar-refractivity contribution is 6.30. The summed E-state index contributed by atoms with van der Waals surface area (Å²) in [5.74, 6) is 1.77. The average molecular weight is 278 g/mol. The topological polar surface area (TPSA) is 61.0 Å². The predicted molar refractivity (Wildman–Crippen MR) is 76.8 cm³/mol. The Morgan fingerprint density at radius 3 is 2.68 bits per heavy atom. The number of nitrogens with zero attached hydrogens (tertiary/aromatic N) is 2. The van der Waals surface area contributed by atoms with Crippen LogP contribution in [0, 0.1) is 6.92 Å². The minimum Gasteiger partial charge on any atom is -0.438 e. The smallest absolute Gasteiger partial charge is 0.227 e. The Kier molecular flexibility index (Phi) is 3.90. The first-order chi connectivity index (χ1) is 8.99. The first kappa shape index (κ1) is 13.6. The second kappa shape index (κ2) is 5.45. The van der Waals surface area contributed by atoms with Crippen LogP contribution in [0.25, 0.3) is 0 Å². The van der Waals surface area contributed by atoms with Gasteiger partial charge < -0.3 is 10.5 Å². The van der Waals surface area contributed by atoms with E-state index in [9.17, 15) is 0 Å². The van der Waals surface area contributed by atoms with Crippen molar-refractivity contribution in [2.24, 2.45) is 0 Å². The van der Waals surface area contributed by atoms with Crippen LogP contribution in [0.1, 0.15) is 30.9 Å². The highest BCUT2D eigenvalue weighted by atomic mass is 35.5. The summed E-state index contributed by atoms with van der Waals surface area (Å²) >= 11 is 5.98. The molecular weight excluding hydrogens is 262 g/mol. The summed E-state index contributed by atoms with van der Waals surface area (Å²) in [6, 6.07) is 5.48. The van der Waals surface area contributed by atoms with Crippen LogP contribution in [0.2, 0.25) is 5.02 Å². The second-order valence-corrected chi connectivity index (χ2v) is 5.08. The third-order valence-electron chi connectivity index (χ3n) is 2.81. The zero-order valence-corrected chi connectivity index (χ0v) is 11.9. The molecular formula is C14H16ClN3O. The number of rotatable bonds is 3. The summed E-state index contributed by atoms with van der Waals surface area (Å²) in [6.07, 6.45) is 1.40. The van der Waals surface area contributed by atoms with Crippen molar-refractivity contribution in [3.05, 3.63) is 40.7 Å². The lowest BCUT2D eigenvalue weighted by Crippen LogP contribution is -2.04. The average Bonchev–Trinajstić information content (AvgIpc) is 2.33. The number of nitrogen functional groups attached to an aromatic ring is 1. The first-order valence-corrected chi connectivity index (χ1v) is 6.41. The summed E-state index contributed by atoms with van der Waals surface area (Å²) in [6.45, 7) is 5.99. The molecule has 0 fully saturated rings. The molecule has 1 heterocycles. The van der Waals surface area contributed by atoms with E-state index in [0.29, 0.717) is 22.5 Å². The normalized spacial score (nSPS) is 10.8. The second-order valence-electron chi connectivity index (χ2n) is 4.64. The minimum absolute atomic E-state index is 0.177. The molecule has 5 heteroatoms. The lowest BCUT2D eigenvalue weighted by Gasteiger charge is -2.15. The van der Waals surface area contributed by atoms with Crippen molar-refractivity contribution >= 4 is 17.4 Å². The van der Waals surface area contributed by atoms with Crippen molar-refractivity contribution in [2.75, 3.05) is 5.73 Å². The highest BCUT2D eigenvalue weighted by Gasteiger charge is 2.15. The lowest BCUT2D eigenvalue weighted by molar-refractivity contribution is 0.449. The van der Waals surface area contributed by atoms with E-state index in [1.807, 2.05) is 32.9 Å². The zero-order valence-electron chi connectivity index (χ0n) is 11.1. The summed E-state index contributed by atoms with van der Waals surface area (Å²) in [7, 11) is 0. The Bertz CT molecular complexity index is 599. The van der Waals surface area contributed by atoms with E-state index >= 15 is 0 Å². The van der Waals surface area contributed by atoms with E-state index in [4.69, 9.17) is 22.1 Å². The van der Waals surface area contributed by atoms with Gasteiger partial charge in [-0.3, -0.25) is 0 Å². The van der Waals surface area contributed by atoms with Gasteiger partial charge in [-0.25, -0.2) is 9.97 Å². The number of aromatic nitrogens is 2. The maximum absolute atomic E-state index is 5.98. The summed E-state index contributed by atoms with van der Waals surface area (Å²) in [4.78, 5) is 8.17. The molecule has 100 valence electrons. The van der Waals surface area contributed by atoms with Crippen molar-refractivity contribution in [1.29, 1.82) is 0 Å². The number of anilines is 1. The Hall–Kier alpha value is -1.81. The fourth-order valence-corrected chi connectivity index (χ4v) is 1.97. The van der Waals surface area contributed by atoms with Gasteiger partial charge in [-0.1, -0.05) is 31.5 Å².